The van der Waals surface area contributed by atoms with Gasteiger partial charge in [0.15, 0.2) is 0 Å². The van der Waals surface area contributed by atoms with Gasteiger partial charge in [0, 0.05) is 36.2 Å². The van der Waals surface area contributed by atoms with Crippen molar-refractivity contribution in [1.82, 2.24) is 4.98 Å². The van der Waals surface area contributed by atoms with Crippen LogP contribution in [0.1, 0.15) is 35.3 Å². The highest BCUT2D eigenvalue weighted by Gasteiger charge is 2.41. The molecule has 0 unspecified atom stereocenters. The molecular formula is C17H18N2O. The van der Waals surface area contributed by atoms with Crippen molar-refractivity contribution in [3.63, 3.8) is 0 Å². The van der Waals surface area contributed by atoms with Crippen molar-refractivity contribution >= 4 is 5.69 Å². The van der Waals surface area contributed by atoms with Gasteiger partial charge in [0.25, 0.3) is 0 Å². The van der Waals surface area contributed by atoms with E-state index < -0.39 is 0 Å². The summed E-state index contributed by atoms with van der Waals surface area (Å²) in [6, 6.07) is 11.1. The number of aryl methyl sites for hydroxylation is 1. The van der Waals surface area contributed by atoms with Gasteiger partial charge in [0.1, 0.15) is 0 Å². The Kier molecular flexibility index (Phi) is 2.74. The predicted molar refractivity (Wildman–Crippen MR) is 78.6 cm³/mol. The third kappa shape index (κ3) is 1.81. The summed E-state index contributed by atoms with van der Waals surface area (Å²) < 4.78 is 6.03. The highest BCUT2D eigenvalue weighted by atomic mass is 16.5. The largest absolute Gasteiger partial charge is 0.378 e. The number of rotatable bonds is 1. The van der Waals surface area contributed by atoms with Gasteiger partial charge >= 0.3 is 0 Å². The Labute approximate surface area is 119 Å². The molecule has 3 heterocycles. The lowest BCUT2D eigenvalue weighted by Gasteiger charge is -2.36. The molecule has 3 heteroatoms. The van der Waals surface area contributed by atoms with Crippen LogP contribution in [0.15, 0.2) is 42.7 Å². The third-order valence-electron chi connectivity index (χ3n) is 4.46. The van der Waals surface area contributed by atoms with Crippen LogP contribution >= 0.6 is 0 Å². The molecule has 20 heavy (non-hydrogen) atoms. The van der Waals surface area contributed by atoms with Crippen LogP contribution < -0.4 is 5.32 Å². The van der Waals surface area contributed by atoms with Crippen LogP contribution in [0.5, 0.6) is 0 Å². The minimum atomic E-state index is 0.226. The highest BCUT2D eigenvalue weighted by Crippen LogP contribution is 2.49. The maximum absolute atomic E-state index is 6.03. The molecular weight excluding hydrogens is 248 g/mol. The van der Waals surface area contributed by atoms with Crippen molar-refractivity contribution in [3.05, 3.63) is 59.4 Å². The van der Waals surface area contributed by atoms with E-state index in [9.17, 15) is 0 Å². The van der Waals surface area contributed by atoms with E-state index in [-0.39, 0.29) is 6.10 Å². The molecule has 2 aliphatic rings. The zero-order valence-corrected chi connectivity index (χ0v) is 11.5. The van der Waals surface area contributed by atoms with Crippen LogP contribution in [0, 0.1) is 12.8 Å². The summed E-state index contributed by atoms with van der Waals surface area (Å²) >= 11 is 0. The second-order valence-electron chi connectivity index (χ2n) is 5.74. The van der Waals surface area contributed by atoms with Crippen LogP contribution in [-0.2, 0) is 4.74 Å². The number of anilines is 1. The molecule has 1 saturated heterocycles. The lowest BCUT2D eigenvalue weighted by molar-refractivity contribution is 0.0829. The average Bonchev–Trinajstić information content (AvgIpc) is 2.97. The Morgan fingerprint density at radius 1 is 1.20 bits per heavy atom. The number of hydrogen-bond donors (Lipinski definition) is 1. The van der Waals surface area contributed by atoms with Crippen LogP contribution in [0.25, 0.3) is 0 Å². The number of nitrogens with one attached hydrogen (secondary N) is 1. The van der Waals surface area contributed by atoms with E-state index in [0.29, 0.717) is 12.0 Å². The van der Waals surface area contributed by atoms with E-state index in [2.05, 4.69) is 47.6 Å². The average molecular weight is 266 g/mol. The van der Waals surface area contributed by atoms with Gasteiger partial charge in [-0.3, -0.25) is 4.98 Å². The molecule has 102 valence electrons. The minimum Gasteiger partial charge on any atom is -0.378 e. The lowest BCUT2D eigenvalue weighted by atomic mass is 9.81. The summed E-state index contributed by atoms with van der Waals surface area (Å²) in [5.74, 6) is 0.506. The Morgan fingerprint density at radius 2 is 2.05 bits per heavy atom. The van der Waals surface area contributed by atoms with Gasteiger partial charge in [0.05, 0.1) is 12.1 Å². The van der Waals surface area contributed by atoms with Crippen molar-refractivity contribution < 1.29 is 4.74 Å². The molecule has 1 aromatic carbocycles. The van der Waals surface area contributed by atoms with Crippen LogP contribution in [0.2, 0.25) is 0 Å². The van der Waals surface area contributed by atoms with E-state index in [0.717, 1.165) is 13.0 Å². The topological polar surface area (TPSA) is 34.1 Å². The lowest BCUT2D eigenvalue weighted by Crippen LogP contribution is -2.29. The first-order valence-electron chi connectivity index (χ1n) is 7.21. The van der Waals surface area contributed by atoms with Gasteiger partial charge in [0.2, 0.25) is 0 Å². The first kappa shape index (κ1) is 11.9. The summed E-state index contributed by atoms with van der Waals surface area (Å²) in [6.07, 6.45) is 5.07. The molecule has 1 N–H and O–H groups in total. The first-order chi connectivity index (χ1) is 9.83. The Bertz CT molecular complexity index is 626. The van der Waals surface area contributed by atoms with Crippen molar-refractivity contribution in [3.8, 4) is 0 Å². The molecule has 1 fully saturated rings. The number of aromatic nitrogens is 1. The van der Waals surface area contributed by atoms with Gasteiger partial charge in [-0.05, 0) is 37.1 Å². The van der Waals surface area contributed by atoms with E-state index in [1.54, 1.807) is 0 Å². The fourth-order valence-corrected chi connectivity index (χ4v) is 3.49. The molecule has 0 bridgehead atoms. The zero-order valence-electron chi connectivity index (χ0n) is 11.5. The van der Waals surface area contributed by atoms with Crippen LogP contribution in [0.4, 0.5) is 5.69 Å². The van der Waals surface area contributed by atoms with Crippen molar-refractivity contribution in [2.75, 3.05) is 11.9 Å². The van der Waals surface area contributed by atoms with E-state index in [1.807, 2.05) is 12.4 Å². The van der Waals surface area contributed by atoms with Gasteiger partial charge in [-0.25, -0.2) is 0 Å². The normalized spacial score (nSPS) is 27.6. The number of ether oxygens (including phenoxy) is 1. The van der Waals surface area contributed by atoms with Gasteiger partial charge in [-0.2, -0.15) is 0 Å². The second kappa shape index (κ2) is 4.60. The monoisotopic (exact) mass is 266 g/mol. The molecule has 1 aromatic heterocycles. The summed E-state index contributed by atoms with van der Waals surface area (Å²) in [7, 11) is 0. The molecule has 0 spiro atoms. The van der Waals surface area contributed by atoms with Gasteiger partial charge < -0.3 is 10.1 Å². The minimum absolute atomic E-state index is 0.226. The molecule has 0 amide bonds. The maximum atomic E-state index is 6.03. The summed E-state index contributed by atoms with van der Waals surface area (Å²) in [5, 5.41) is 3.70. The molecule has 3 nitrogen and oxygen atoms in total. The fourth-order valence-electron chi connectivity index (χ4n) is 3.49. The van der Waals surface area contributed by atoms with Crippen molar-refractivity contribution in [2.24, 2.45) is 5.92 Å². The standard InChI is InChI=1S/C17H18N2O/c1-11-2-3-15-14(10-11)17-13(6-9-20-17)16(19-15)12-4-7-18-8-5-12/h2-5,7-8,10,13,16-17,19H,6,9H2,1H3/t13-,16+,17-/m1/s1. The molecule has 0 aliphatic carbocycles. The molecule has 2 aromatic rings. The Hall–Kier alpha value is -1.87. The number of fused-ring (bicyclic) bond motifs is 3. The first-order valence-corrected chi connectivity index (χ1v) is 7.21. The Balaban J connectivity index is 1.79. The summed E-state index contributed by atoms with van der Waals surface area (Å²) in [5.41, 5.74) is 5.12. The number of nitrogens with zero attached hydrogens (tertiary/aromatic N) is 1. The second-order valence-corrected chi connectivity index (χ2v) is 5.74. The van der Waals surface area contributed by atoms with Crippen LogP contribution in [-0.4, -0.2) is 11.6 Å². The molecule has 0 saturated carbocycles. The quantitative estimate of drug-likeness (QED) is 0.855. The smallest absolute Gasteiger partial charge is 0.0896 e. The Morgan fingerprint density at radius 3 is 2.90 bits per heavy atom. The fraction of sp³-hybridized carbons (Fsp3) is 0.353. The number of benzene rings is 1. The van der Waals surface area contributed by atoms with Gasteiger partial charge in [-0.1, -0.05) is 17.7 Å². The number of pyridine rings is 1. The van der Waals surface area contributed by atoms with Crippen LogP contribution in [0.3, 0.4) is 0 Å². The summed E-state index contributed by atoms with van der Waals surface area (Å²) in [6.45, 7) is 2.99. The van der Waals surface area contributed by atoms with Crippen molar-refractivity contribution in [1.29, 1.82) is 0 Å². The van der Waals surface area contributed by atoms with Gasteiger partial charge in [-0.15, -0.1) is 0 Å². The zero-order chi connectivity index (χ0) is 13.5. The van der Waals surface area contributed by atoms with Crippen molar-refractivity contribution in [2.45, 2.75) is 25.5 Å². The maximum Gasteiger partial charge on any atom is 0.0896 e. The number of hydrogen-bond acceptors (Lipinski definition) is 3. The summed E-state index contributed by atoms with van der Waals surface area (Å²) in [4.78, 5) is 4.12. The molecule has 2 aliphatic heterocycles. The van der Waals surface area contributed by atoms with E-state index in [4.69, 9.17) is 4.74 Å². The highest BCUT2D eigenvalue weighted by molar-refractivity contribution is 5.58. The molecule has 4 rings (SSSR count). The predicted octanol–water partition coefficient (Wildman–Crippen LogP) is 3.63. The van der Waals surface area contributed by atoms with E-state index >= 15 is 0 Å². The molecule has 3 atom stereocenters. The third-order valence-corrected chi connectivity index (χ3v) is 4.46. The SMILES string of the molecule is Cc1ccc2c(c1)[C@@H]1OCC[C@@H]1[C@H](c1ccncc1)N2. The van der Waals surface area contributed by atoms with E-state index in [1.165, 1.54) is 22.4 Å². The molecule has 0 radical (unpaired) electrons.